The fourth-order valence-corrected chi connectivity index (χ4v) is 2.87. The second-order valence-electron chi connectivity index (χ2n) is 5.79. The molecule has 1 aliphatic rings. The van der Waals surface area contributed by atoms with E-state index in [4.69, 9.17) is 11.6 Å². The van der Waals surface area contributed by atoms with Gasteiger partial charge in [0.25, 0.3) is 0 Å². The van der Waals surface area contributed by atoms with Gasteiger partial charge in [-0.15, -0.1) is 0 Å². The van der Waals surface area contributed by atoms with Crippen molar-refractivity contribution in [3.05, 3.63) is 52.8 Å². The van der Waals surface area contributed by atoms with Crippen molar-refractivity contribution >= 4 is 17.6 Å². The summed E-state index contributed by atoms with van der Waals surface area (Å²) in [7, 11) is 1.93. The molecule has 6 heteroatoms. The lowest BCUT2D eigenvalue weighted by atomic mass is 10.1. The molecular formula is C17H22ClN5. The van der Waals surface area contributed by atoms with E-state index in [2.05, 4.69) is 33.7 Å². The monoisotopic (exact) mass is 331 g/mol. The Morgan fingerprint density at radius 3 is 3.00 bits per heavy atom. The standard InChI is InChI=1S/C17H22ClN5/c1-3-19-17(20-11-14-7-8-21-23(14)2)22-16-10-15(16)12-5-4-6-13(18)9-12/h4-9,15-16H,3,10-11H2,1-2H3,(H2,19,20,22). The summed E-state index contributed by atoms with van der Waals surface area (Å²) in [6, 6.07) is 10.5. The fraction of sp³-hybridized carbons (Fsp3) is 0.412. The van der Waals surface area contributed by atoms with E-state index in [9.17, 15) is 0 Å². The fourth-order valence-electron chi connectivity index (χ4n) is 2.67. The number of benzene rings is 1. The Hall–Kier alpha value is -2.01. The number of guanidine groups is 1. The molecule has 23 heavy (non-hydrogen) atoms. The molecule has 3 rings (SSSR count). The molecule has 1 aliphatic carbocycles. The maximum atomic E-state index is 6.08. The Labute approximate surface area is 141 Å². The molecule has 1 saturated carbocycles. The van der Waals surface area contributed by atoms with Crippen molar-refractivity contribution in [2.75, 3.05) is 6.54 Å². The Morgan fingerprint density at radius 2 is 2.30 bits per heavy atom. The van der Waals surface area contributed by atoms with E-state index in [0.29, 0.717) is 18.5 Å². The summed E-state index contributed by atoms with van der Waals surface area (Å²) in [6.07, 6.45) is 2.90. The highest BCUT2D eigenvalue weighted by atomic mass is 35.5. The van der Waals surface area contributed by atoms with Gasteiger partial charge in [0.05, 0.1) is 12.2 Å². The van der Waals surface area contributed by atoms with E-state index in [1.807, 2.05) is 36.0 Å². The van der Waals surface area contributed by atoms with Crippen molar-refractivity contribution in [1.29, 1.82) is 0 Å². The van der Waals surface area contributed by atoms with E-state index in [1.54, 1.807) is 6.20 Å². The lowest BCUT2D eigenvalue weighted by Crippen LogP contribution is -2.39. The summed E-state index contributed by atoms with van der Waals surface area (Å²) in [4.78, 5) is 4.65. The molecule has 1 heterocycles. The number of aliphatic imine (C=N–C) groups is 1. The average molecular weight is 332 g/mol. The molecular weight excluding hydrogens is 310 g/mol. The van der Waals surface area contributed by atoms with Gasteiger partial charge in [-0.1, -0.05) is 23.7 Å². The quantitative estimate of drug-likeness (QED) is 0.654. The van der Waals surface area contributed by atoms with Gasteiger partial charge in [0.15, 0.2) is 5.96 Å². The molecule has 0 aliphatic heterocycles. The second-order valence-corrected chi connectivity index (χ2v) is 6.23. The third kappa shape index (κ3) is 4.05. The molecule has 1 aromatic heterocycles. The molecule has 0 saturated heterocycles. The molecule has 0 radical (unpaired) electrons. The number of halogens is 1. The summed E-state index contributed by atoms with van der Waals surface area (Å²) in [5.74, 6) is 1.36. The van der Waals surface area contributed by atoms with Crippen LogP contribution < -0.4 is 10.6 Å². The van der Waals surface area contributed by atoms with Crippen LogP contribution in [0.3, 0.4) is 0 Å². The van der Waals surface area contributed by atoms with Gasteiger partial charge in [-0.25, -0.2) is 4.99 Å². The molecule has 2 atom stereocenters. The van der Waals surface area contributed by atoms with Crippen LogP contribution in [-0.4, -0.2) is 28.3 Å². The van der Waals surface area contributed by atoms with E-state index < -0.39 is 0 Å². The maximum Gasteiger partial charge on any atom is 0.191 e. The number of nitrogens with one attached hydrogen (secondary N) is 2. The minimum atomic E-state index is 0.415. The summed E-state index contributed by atoms with van der Waals surface area (Å²) in [6.45, 7) is 3.52. The van der Waals surface area contributed by atoms with Crippen LogP contribution in [0.15, 0.2) is 41.5 Å². The molecule has 1 aromatic carbocycles. The van der Waals surface area contributed by atoms with Crippen LogP contribution in [-0.2, 0) is 13.6 Å². The number of hydrogen-bond donors (Lipinski definition) is 2. The highest BCUT2D eigenvalue weighted by molar-refractivity contribution is 6.30. The molecule has 1 fully saturated rings. The highest BCUT2D eigenvalue weighted by Crippen LogP contribution is 2.41. The van der Waals surface area contributed by atoms with E-state index in [1.165, 1.54) is 5.56 Å². The first kappa shape index (κ1) is 15.9. The Kier molecular flexibility index (Phi) is 4.86. The first-order valence-electron chi connectivity index (χ1n) is 7.94. The molecule has 2 unspecified atom stereocenters. The number of aryl methyl sites for hydroxylation is 1. The van der Waals surface area contributed by atoms with Gasteiger partial charge in [0.2, 0.25) is 0 Å². The predicted octanol–water partition coefficient (Wildman–Crippen LogP) is 2.68. The first-order chi connectivity index (χ1) is 11.2. The van der Waals surface area contributed by atoms with Gasteiger partial charge in [0, 0.05) is 36.8 Å². The molecule has 122 valence electrons. The van der Waals surface area contributed by atoms with Crippen molar-refractivity contribution in [2.45, 2.75) is 31.8 Å². The van der Waals surface area contributed by atoms with Crippen LogP contribution in [0.1, 0.15) is 30.5 Å². The van der Waals surface area contributed by atoms with E-state index in [0.717, 1.165) is 29.6 Å². The second kappa shape index (κ2) is 7.04. The zero-order valence-electron chi connectivity index (χ0n) is 13.5. The summed E-state index contributed by atoms with van der Waals surface area (Å²) >= 11 is 6.08. The van der Waals surface area contributed by atoms with Crippen LogP contribution in [0.25, 0.3) is 0 Å². The number of hydrogen-bond acceptors (Lipinski definition) is 2. The average Bonchev–Trinajstić information content (AvgIpc) is 3.18. The molecule has 2 N–H and O–H groups in total. The van der Waals surface area contributed by atoms with Crippen LogP contribution in [0.4, 0.5) is 0 Å². The predicted molar refractivity (Wildman–Crippen MR) is 93.8 cm³/mol. The van der Waals surface area contributed by atoms with Gasteiger partial charge in [-0.2, -0.15) is 5.10 Å². The van der Waals surface area contributed by atoms with Crippen molar-refractivity contribution in [2.24, 2.45) is 12.0 Å². The smallest absolute Gasteiger partial charge is 0.191 e. The number of aromatic nitrogens is 2. The topological polar surface area (TPSA) is 54.2 Å². The first-order valence-corrected chi connectivity index (χ1v) is 8.32. The van der Waals surface area contributed by atoms with Crippen LogP contribution in [0, 0.1) is 0 Å². The van der Waals surface area contributed by atoms with Gasteiger partial charge in [0.1, 0.15) is 0 Å². The van der Waals surface area contributed by atoms with Crippen molar-refractivity contribution in [1.82, 2.24) is 20.4 Å². The van der Waals surface area contributed by atoms with Crippen molar-refractivity contribution < 1.29 is 0 Å². The van der Waals surface area contributed by atoms with Crippen molar-refractivity contribution in [3.8, 4) is 0 Å². The Morgan fingerprint density at radius 1 is 1.43 bits per heavy atom. The van der Waals surface area contributed by atoms with Gasteiger partial charge in [-0.3, -0.25) is 4.68 Å². The minimum Gasteiger partial charge on any atom is -0.357 e. The molecule has 0 amide bonds. The largest absolute Gasteiger partial charge is 0.357 e. The Balaban J connectivity index is 1.61. The number of rotatable bonds is 5. The van der Waals surface area contributed by atoms with Crippen LogP contribution in [0.2, 0.25) is 5.02 Å². The minimum absolute atomic E-state index is 0.415. The molecule has 5 nitrogen and oxygen atoms in total. The lowest BCUT2D eigenvalue weighted by Gasteiger charge is -2.11. The third-order valence-electron chi connectivity index (χ3n) is 4.06. The SMILES string of the molecule is CCNC(=NCc1ccnn1C)NC1CC1c1cccc(Cl)c1. The van der Waals surface area contributed by atoms with Gasteiger partial charge >= 0.3 is 0 Å². The Bertz CT molecular complexity index is 694. The third-order valence-corrected chi connectivity index (χ3v) is 4.29. The zero-order valence-corrected chi connectivity index (χ0v) is 14.2. The molecule has 0 spiro atoms. The molecule has 2 aromatic rings. The van der Waals surface area contributed by atoms with E-state index in [-0.39, 0.29) is 0 Å². The van der Waals surface area contributed by atoms with Gasteiger partial charge in [-0.05, 0) is 37.1 Å². The summed E-state index contributed by atoms with van der Waals surface area (Å²) in [5, 5.41) is 11.8. The summed E-state index contributed by atoms with van der Waals surface area (Å²) in [5.41, 5.74) is 2.38. The number of nitrogens with zero attached hydrogens (tertiary/aromatic N) is 3. The summed E-state index contributed by atoms with van der Waals surface area (Å²) < 4.78 is 1.85. The zero-order chi connectivity index (χ0) is 16.2. The van der Waals surface area contributed by atoms with Crippen LogP contribution in [0.5, 0.6) is 0 Å². The highest BCUT2D eigenvalue weighted by Gasteiger charge is 2.39. The lowest BCUT2D eigenvalue weighted by molar-refractivity contribution is 0.706. The maximum absolute atomic E-state index is 6.08. The van der Waals surface area contributed by atoms with E-state index >= 15 is 0 Å². The van der Waals surface area contributed by atoms with Crippen molar-refractivity contribution in [3.63, 3.8) is 0 Å². The normalized spacial score (nSPS) is 20.4. The molecule has 0 bridgehead atoms. The van der Waals surface area contributed by atoms with Gasteiger partial charge < -0.3 is 10.6 Å². The van der Waals surface area contributed by atoms with Crippen LogP contribution >= 0.6 is 11.6 Å².